The minimum absolute atomic E-state index is 0.0351. The van der Waals surface area contributed by atoms with Crippen molar-refractivity contribution in [2.45, 2.75) is 25.7 Å². The maximum absolute atomic E-state index is 13.2. The number of carbonyl (C=O) groups is 2. The quantitative estimate of drug-likeness (QED) is 0.842. The van der Waals surface area contributed by atoms with Gasteiger partial charge in [-0.3, -0.25) is 9.59 Å². The second-order valence-corrected chi connectivity index (χ2v) is 5.96. The Kier molecular flexibility index (Phi) is 4.61. The lowest BCUT2D eigenvalue weighted by atomic mass is 9.97. The number of halogens is 2. The van der Waals surface area contributed by atoms with Gasteiger partial charge >= 0.3 is 6.29 Å². The number of piperidine rings is 1. The van der Waals surface area contributed by atoms with Gasteiger partial charge in [0.2, 0.25) is 11.8 Å². The van der Waals surface area contributed by atoms with Crippen molar-refractivity contribution in [3.8, 4) is 11.5 Å². The first-order valence-corrected chi connectivity index (χ1v) is 7.96. The molecule has 1 aromatic carbocycles. The van der Waals surface area contributed by atoms with Crippen LogP contribution in [-0.4, -0.2) is 36.1 Å². The number of amides is 2. The van der Waals surface area contributed by atoms with Crippen molar-refractivity contribution in [2.75, 3.05) is 13.1 Å². The van der Waals surface area contributed by atoms with Gasteiger partial charge in [-0.25, -0.2) is 0 Å². The number of rotatable bonds is 4. The Morgan fingerprint density at radius 1 is 1.40 bits per heavy atom. The highest BCUT2D eigenvalue weighted by atomic mass is 19.3. The molecule has 0 bridgehead atoms. The predicted molar refractivity (Wildman–Crippen MR) is 84.0 cm³/mol. The molecule has 0 spiro atoms. The average molecular weight is 352 g/mol. The fourth-order valence-corrected chi connectivity index (χ4v) is 3.01. The molecule has 0 aliphatic carbocycles. The van der Waals surface area contributed by atoms with E-state index in [1.165, 1.54) is 12.1 Å². The van der Waals surface area contributed by atoms with Crippen LogP contribution in [-0.2, 0) is 16.1 Å². The van der Waals surface area contributed by atoms with Crippen LogP contribution in [0.2, 0.25) is 0 Å². The van der Waals surface area contributed by atoms with E-state index in [1.54, 1.807) is 17.0 Å². The van der Waals surface area contributed by atoms with Gasteiger partial charge in [-0.05, 0) is 25.0 Å². The number of alkyl halides is 2. The number of nitrogens with zero attached hydrogens (tertiary/aromatic N) is 1. The zero-order chi connectivity index (χ0) is 18.0. The summed E-state index contributed by atoms with van der Waals surface area (Å²) < 4.78 is 35.2. The topological polar surface area (TPSA) is 67.9 Å². The van der Waals surface area contributed by atoms with E-state index in [9.17, 15) is 18.4 Å². The van der Waals surface area contributed by atoms with Gasteiger partial charge < -0.3 is 19.7 Å². The highest BCUT2D eigenvalue weighted by Gasteiger charge is 2.44. The molecular weight excluding hydrogens is 334 g/mol. The van der Waals surface area contributed by atoms with Crippen LogP contribution in [0.1, 0.15) is 18.4 Å². The summed E-state index contributed by atoms with van der Waals surface area (Å²) in [5.41, 5.74) is 0.401. The summed E-state index contributed by atoms with van der Waals surface area (Å²) in [6.07, 6.45) is -1.08. The zero-order valence-corrected chi connectivity index (χ0v) is 13.5. The molecular formula is C17H18F2N2O4. The average Bonchev–Trinajstić information content (AvgIpc) is 2.93. The number of nitrogens with one attached hydrogen (secondary N) is 1. The van der Waals surface area contributed by atoms with Crippen molar-refractivity contribution in [1.29, 1.82) is 0 Å². The first-order chi connectivity index (χ1) is 11.9. The van der Waals surface area contributed by atoms with Crippen molar-refractivity contribution in [3.63, 3.8) is 0 Å². The standard InChI is InChI=1S/C17H18F2N2O4/c1-2-14(22)21-8-4-6-12(10-21)16(23)20-9-11-5-3-7-13-15(11)25-17(18,19)24-13/h2-3,5,7,12H,1,4,6,8-10H2,(H,20,23). The number of ether oxygens (including phenoxy) is 2. The van der Waals surface area contributed by atoms with Gasteiger partial charge in [-0.1, -0.05) is 18.7 Å². The van der Waals surface area contributed by atoms with Gasteiger partial charge in [0.05, 0.1) is 5.92 Å². The zero-order valence-electron chi connectivity index (χ0n) is 13.5. The fourth-order valence-electron chi connectivity index (χ4n) is 3.01. The first kappa shape index (κ1) is 17.2. The van der Waals surface area contributed by atoms with E-state index in [2.05, 4.69) is 21.4 Å². The van der Waals surface area contributed by atoms with Gasteiger partial charge in [0, 0.05) is 25.2 Å². The number of fused-ring (bicyclic) bond motifs is 1. The summed E-state index contributed by atoms with van der Waals surface area (Å²) in [6, 6.07) is 4.51. The number of hydrogen-bond donors (Lipinski definition) is 1. The summed E-state index contributed by atoms with van der Waals surface area (Å²) in [7, 11) is 0. The Balaban J connectivity index is 1.61. The third-order valence-corrected chi connectivity index (χ3v) is 4.24. The summed E-state index contributed by atoms with van der Waals surface area (Å²) in [5.74, 6) is -0.902. The third-order valence-electron chi connectivity index (χ3n) is 4.24. The molecule has 0 saturated carbocycles. The molecule has 1 atom stereocenters. The maximum atomic E-state index is 13.2. The largest absolute Gasteiger partial charge is 0.586 e. The van der Waals surface area contributed by atoms with Crippen LogP contribution >= 0.6 is 0 Å². The summed E-state index contributed by atoms with van der Waals surface area (Å²) >= 11 is 0. The molecule has 1 fully saturated rings. The van der Waals surface area contributed by atoms with E-state index in [-0.39, 0.29) is 35.8 Å². The predicted octanol–water partition coefficient (Wildman–Crippen LogP) is 2.05. The van der Waals surface area contributed by atoms with Crippen LogP contribution in [0.3, 0.4) is 0 Å². The van der Waals surface area contributed by atoms with Crippen molar-refractivity contribution < 1.29 is 27.8 Å². The Labute approximate surface area is 143 Å². The number of likely N-dealkylation sites (tertiary alicyclic amines) is 1. The Morgan fingerprint density at radius 2 is 2.20 bits per heavy atom. The summed E-state index contributed by atoms with van der Waals surface area (Å²) in [4.78, 5) is 25.6. The lowest BCUT2D eigenvalue weighted by molar-refractivity contribution is -0.286. The van der Waals surface area contributed by atoms with Crippen molar-refractivity contribution in [1.82, 2.24) is 10.2 Å². The van der Waals surface area contributed by atoms with Crippen molar-refractivity contribution >= 4 is 11.8 Å². The van der Waals surface area contributed by atoms with Crippen LogP contribution in [0.15, 0.2) is 30.9 Å². The van der Waals surface area contributed by atoms with Crippen LogP contribution in [0.4, 0.5) is 8.78 Å². The minimum atomic E-state index is -3.70. The maximum Gasteiger partial charge on any atom is 0.586 e. The second-order valence-electron chi connectivity index (χ2n) is 5.96. The van der Waals surface area contributed by atoms with Crippen molar-refractivity contribution in [2.24, 2.45) is 5.92 Å². The van der Waals surface area contributed by atoms with E-state index < -0.39 is 6.29 Å². The van der Waals surface area contributed by atoms with Gasteiger partial charge in [0.15, 0.2) is 11.5 Å². The highest BCUT2D eigenvalue weighted by Crippen LogP contribution is 2.43. The van der Waals surface area contributed by atoms with Gasteiger partial charge in [-0.2, -0.15) is 0 Å². The summed E-state index contributed by atoms with van der Waals surface area (Å²) in [5, 5.41) is 2.72. The number of hydrogen-bond acceptors (Lipinski definition) is 4. The first-order valence-electron chi connectivity index (χ1n) is 7.96. The van der Waals surface area contributed by atoms with E-state index in [0.717, 1.165) is 6.42 Å². The number of para-hydroxylation sites is 1. The van der Waals surface area contributed by atoms with E-state index in [1.807, 2.05) is 0 Å². The van der Waals surface area contributed by atoms with Crippen LogP contribution in [0, 0.1) is 5.92 Å². The molecule has 2 aliphatic rings. The van der Waals surface area contributed by atoms with Gasteiger partial charge in [0.25, 0.3) is 0 Å². The fraction of sp³-hybridized carbons (Fsp3) is 0.412. The SMILES string of the molecule is C=CC(=O)N1CCCC(C(=O)NCc2cccc3c2OC(F)(F)O3)C1. The molecule has 25 heavy (non-hydrogen) atoms. The van der Waals surface area contributed by atoms with Crippen LogP contribution < -0.4 is 14.8 Å². The smallest absolute Gasteiger partial charge is 0.395 e. The molecule has 1 aromatic rings. The number of carbonyl (C=O) groups excluding carboxylic acids is 2. The molecule has 1 saturated heterocycles. The molecule has 3 rings (SSSR count). The summed E-state index contributed by atoms with van der Waals surface area (Å²) in [6.45, 7) is 4.40. The molecule has 2 aliphatic heterocycles. The van der Waals surface area contributed by atoms with Gasteiger partial charge in [-0.15, -0.1) is 8.78 Å². The van der Waals surface area contributed by atoms with E-state index in [4.69, 9.17) is 0 Å². The molecule has 1 N–H and O–H groups in total. The molecule has 0 radical (unpaired) electrons. The third kappa shape index (κ3) is 3.72. The Hall–Kier alpha value is -2.64. The van der Waals surface area contributed by atoms with Crippen LogP contribution in [0.25, 0.3) is 0 Å². The molecule has 2 amide bonds. The van der Waals surface area contributed by atoms with Crippen molar-refractivity contribution in [3.05, 3.63) is 36.4 Å². The van der Waals surface area contributed by atoms with Gasteiger partial charge in [0.1, 0.15) is 0 Å². The van der Waals surface area contributed by atoms with E-state index >= 15 is 0 Å². The second kappa shape index (κ2) is 6.70. The lowest BCUT2D eigenvalue weighted by Gasteiger charge is -2.31. The lowest BCUT2D eigenvalue weighted by Crippen LogP contribution is -2.44. The normalized spacial score (nSPS) is 20.9. The molecule has 6 nitrogen and oxygen atoms in total. The molecule has 1 unspecified atom stereocenters. The van der Waals surface area contributed by atoms with Crippen LogP contribution in [0.5, 0.6) is 11.5 Å². The Morgan fingerprint density at radius 3 is 2.96 bits per heavy atom. The highest BCUT2D eigenvalue weighted by molar-refractivity contribution is 5.88. The number of benzene rings is 1. The molecule has 8 heteroatoms. The molecule has 0 aromatic heterocycles. The monoisotopic (exact) mass is 352 g/mol. The minimum Gasteiger partial charge on any atom is -0.395 e. The van der Waals surface area contributed by atoms with E-state index in [0.29, 0.717) is 25.1 Å². The molecule has 2 heterocycles. The molecule has 134 valence electrons. The Bertz CT molecular complexity index is 708.